The minimum atomic E-state index is -0.947. The monoisotopic (exact) mass is 478 g/mol. The summed E-state index contributed by atoms with van der Waals surface area (Å²) in [7, 11) is 0. The van der Waals surface area contributed by atoms with E-state index in [9.17, 15) is 24.0 Å². The molecular weight excluding hydrogens is 452 g/mol. The fraction of sp³-hybridized carbons (Fsp3) is 0.476. The lowest BCUT2D eigenvalue weighted by molar-refractivity contribution is -0.135. The quantitative estimate of drug-likeness (QED) is 0.395. The Morgan fingerprint density at radius 2 is 1.88 bits per heavy atom. The smallest absolute Gasteiger partial charge is 0.325 e. The Kier molecular flexibility index (Phi) is 7.73. The Labute approximate surface area is 194 Å². The highest BCUT2D eigenvalue weighted by molar-refractivity contribution is 8.18. The fourth-order valence-electron chi connectivity index (χ4n) is 3.84. The van der Waals surface area contributed by atoms with Gasteiger partial charge < -0.3 is 10.6 Å². The molecule has 0 aliphatic carbocycles. The molecule has 2 fully saturated rings. The van der Waals surface area contributed by atoms with Crippen LogP contribution in [-0.2, 0) is 14.4 Å². The second-order valence-corrected chi connectivity index (χ2v) is 9.57. The molecule has 0 unspecified atom stereocenters. The summed E-state index contributed by atoms with van der Waals surface area (Å²) in [6.45, 7) is 3.51. The molecule has 0 radical (unpaired) electrons. The van der Waals surface area contributed by atoms with Crippen molar-refractivity contribution in [2.24, 2.45) is 0 Å². The predicted molar refractivity (Wildman–Crippen MR) is 123 cm³/mol. The molecule has 1 aromatic heterocycles. The van der Waals surface area contributed by atoms with Crippen LogP contribution in [0.4, 0.5) is 9.59 Å². The van der Waals surface area contributed by atoms with Crippen molar-refractivity contribution in [3.05, 3.63) is 27.3 Å². The van der Waals surface area contributed by atoms with Crippen molar-refractivity contribution in [2.75, 3.05) is 19.6 Å². The summed E-state index contributed by atoms with van der Waals surface area (Å²) in [5.74, 6) is -1.31. The molecule has 3 rings (SSSR count). The van der Waals surface area contributed by atoms with E-state index in [1.165, 1.54) is 11.3 Å². The minimum Gasteiger partial charge on any atom is -0.353 e. The van der Waals surface area contributed by atoms with Gasteiger partial charge in [-0.05, 0) is 42.1 Å². The summed E-state index contributed by atoms with van der Waals surface area (Å²) in [5.41, 5.74) is -0.947. The van der Waals surface area contributed by atoms with Crippen molar-refractivity contribution in [2.45, 2.75) is 45.1 Å². The summed E-state index contributed by atoms with van der Waals surface area (Å²) < 4.78 is 0. The lowest BCUT2D eigenvalue weighted by atomic mass is 9.88. The number of rotatable bonds is 10. The fourth-order valence-corrected chi connectivity index (χ4v) is 5.43. The molecular formula is C21H26N4O5S2. The van der Waals surface area contributed by atoms with Crippen molar-refractivity contribution < 1.29 is 24.0 Å². The van der Waals surface area contributed by atoms with Crippen LogP contribution in [0.25, 0.3) is 6.08 Å². The number of carbonyl (C=O) groups excluding carboxylic acids is 5. The molecule has 0 bridgehead atoms. The average Bonchev–Trinajstić information content (AvgIpc) is 3.40. The van der Waals surface area contributed by atoms with Gasteiger partial charge in [0.15, 0.2) is 0 Å². The Morgan fingerprint density at radius 1 is 1.16 bits per heavy atom. The van der Waals surface area contributed by atoms with Crippen LogP contribution in [0.5, 0.6) is 0 Å². The minimum absolute atomic E-state index is 0.00787. The second-order valence-electron chi connectivity index (χ2n) is 7.60. The third-order valence-electron chi connectivity index (χ3n) is 5.25. The van der Waals surface area contributed by atoms with E-state index in [1.807, 2.05) is 31.4 Å². The number of thioether (sulfide) groups is 1. The standard InChI is InChI=1S/C21H26N4O5S2/c1-3-7-21(8-4-2)18(28)25(19(29)23-21)13-16(26)22-9-10-24-17(27)15(32-20(24)30)12-14-6-5-11-31-14/h5-6,11-12H,3-4,7-10,13H2,1-2H3,(H,22,26)(H,23,29). The van der Waals surface area contributed by atoms with Gasteiger partial charge in [-0.15, -0.1) is 11.3 Å². The number of amides is 6. The van der Waals surface area contributed by atoms with E-state index in [0.717, 1.165) is 39.3 Å². The second kappa shape index (κ2) is 10.3. The molecule has 6 amide bonds. The van der Waals surface area contributed by atoms with E-state index in [1.54, 1.807) is 6.08 Å². The van der Waals surface area contributed by atoms with E-state index in [0.29, 0.717) is 17.7 Å². The molecule has 9 nitrogen and oxygen atoms in total. The van der Waals surface area contributed by atoms with Crippen molar-refractivity contribution in [3.8, 4) is 0 Å². The van der Waals surface area contributed by atoms with Crippen molar-refractivity contribution in [3.63, 3.8) is 0 Å². The number of hydrogen-bond donors (Lipinski definition) is 2. The van der Waals surface area contributed by atoms with Crippen LogP contribution in [0, 0.1) is 0 Å². The molecule has 1 aromatic rings. The normalized spacial score (nSPS) is 19.2. The molecule has 2 saturated heterocycles. The molecule has 3 heterocycles. The SMILES string of the molecule is CCCC1(CCC)NC(=O)N(CC(=O)NCCN2C(=O)SC(=Cc3cccs3)C2=O)C1=O. The topological polar surface area (TPSA) is 116 Å². The van der Waals surface area contributed by atoms with Gasteiger partial charge in [-0.2, -0.15) is 0 Å². The van der Waals surface area contributed by atoms with Gasteiger partial charge in [0.05, 0.1) is 4.91 Å². The van der Waals surface area contributed by atoms with E-state index in [4.69, 9.17) is 0 Å². The molecule has 2 aliphatic heterocycles. The highest BCUT2D eigenvalue weighted by atomic mass is 32.2. The Hall–Kier alpha value is -2.66. The number of nitrogens with one attached hydrogen (secondary N) is 2. The number of imide groups is 2. The van der Waals surface area contributed by atoms with Gasteiger partial charge >= 0.3 is 6.03 Å². The average molecular weight is 479 g/mol. The van der Waals surface area contributed by atoms with Crippen molar-refractivity contribution in [1.29, 1.82) is 0 Å². The van der Waals surface area contributed by atoms with Gasteiger partial charge in [-0.25, -0.2) is 4.79 Å². The number of nitrogens with zero attached hydrogens (tertiary/aromatic N) is 2. The molecule has 0 atom stereocenters. The van der Waals surface area contributed by atoms with Crippen molar-refractivity contribution in [1.82, 2.24) is 20.4 Å². The van der Waals surface area contributed by atoms with Gasteiger partial charge in [0, 0.05) is 18.0 Å². The zero-order valence-corrected chi connectivity index (χ0v) is 19.6. The van der Waals surface area contributed by atoms with Crippen LogP contribution >= 0.6 is 23.1 Å². The lowest BCUT2D eigenvalue weighted by Crippen LogP contribution is -2.48. The Morgan fingerprint density at radius 3 is 2.50 bits per heavy atom. The molecule has 0 saturated carbocycles. The summed E-state index contributed by atoms with van der Waals surface area (Å²) in [6.07, 6.45) is 4.16. The maximum atomic E-state index is 12.8. The van der Waals surface area contributed by atoms with Crippen molar-refractivity contribution >= 4 is 58.2 Å². The van der Waals surface area contributed by atoms with Crippen LogP contribution in [0.3, 0.4) is 0 Å². The van der Waals surface area contributed by atoms with E-state index >= 15 is 0 Å². The Bertz CT molecular complexity index is 938. The largest absolute Gasteiger partial charge is 0.353 e. The van der Waals surface area contributed by atoms with E-state index in [2.05, 4.69) is 10.6 Å². The van der Waals surface area contributed by atoms with Gasteiger partial charge in [0.2, 0.25) is 5.91 Å². The zero-order chi connectivity index (χ0) is 23.3. The maximum Gasteiger partial charge on any atom is 0.325 e. The first-order valence-corrected chi connectivity index (χ1v) is 12.2. The van der Waals surface area contributed by atoms with Gasteiger partial charge in [-0.3, -0.25) is 29.0 Å². The van der Waals surface area contributed by atoms with Crippen LogP contribution < -0.4 is 10.6 Å². The molecule has 32 heavy (non-hydrogen) atoms. The molecule has 0 spiro atoms. The van der Waals surface area contributed by atoms with E-state index in [-0.39, 0.29) is 19.0 Å². The van der Waals surface area contributed by atoms with Crippen LogP contribution in [0.2, 0.25) is 0 Å². The van der Waals surface area contributed by atoms with Gasteiger partial charge in [-0.1, -0.05) is 32.8 Å². The number of carbonyl (C=O) groups is 5. The van der Waals surface area contributed by atoms with Crippen LogP contribution in [0.15, 0.2) is 22.4 Å². The summed E-state index contributed by atoms with van der Waals surface area (Å²) >= 11 is 2.32. The summed E-state index contributed by atoms with van der Waals surface area (Å²) in [5, 5.41) is 6.83. The van der Waals surface area contributed by atoms with Gasteiger partial charge in [0.25, 0.3) is 17.1 Å². The maximum absolute atomic E-state index is 12.8. The molecule has 2 aliphatic rings. The highest BCUT2D eigenvalue weighted by Gasteiger charge is 2.50. The first-order valence-electron chi connectivity index (χ1n) is 10.5. The van der Waals surface area contributed by atoms with Gasteiger partial charge in [0.1, 0.15) is 12.1 Å². The van der Waals surface area contributed by atoms with Crippen LogP contribution in [-0.4, -0.2) is 64.0 Å². The summed E-state index contributed by atoms with van der Waals surface area (Å²) in [4.78, 5) is 65.4. The molecule has 0 aromatic carbocycles. The van der Waals surface area contributed by atoms with Crippen LogP contribution in [0.1, 0.15) is 44.4 Å². The molecule has 2 N–H and O–H groups in total. The Balaban J connectivity index is 1.52. The number of urea groups is 1. The third kappa shape index (κ3) is 5.04. The third-order valence-corrected chi connectivity index (χ3v) is 6.98. The number of hydrogen-bond acceptors (Lipinski definition) is 7. The lowest BCUT2D eigenvalue weighted by Gasteiger charge is -2.25. The summed E-state index contributed by atoms with van der Waals surface area (Å²) in [6, 6.07) is 3.14. The first-order chi connectivity index (χ1) is 15.3. The first kappa shape index (κ1) is 24.0. The predicted octanol–water partition coefficient (Wildman–Crippen LogP) is 2.79. The highest BCUT2D eigenvalue weighted by Crippen LogP contribution is 2.32. The molecule has 172 valence electrons. The molecule has 11 heteroatoms. The zero-order valence-electron chi connectivity index (χ0n) is 18.0. The van der Waals surface area contributed by atoms with E-state index < -0.39 is 35.2 Å². The number of thiophene rings is 1.